The zero-order chi connectivity index (χ0) is 15.6. The standard InChI is InChI=1S/C17H19BrFNO/c1-10-8-16(21-4)11(2)7-13(10)17(20-3)12-5-6-14(18)15(19)9-12/h5-9,17,20H,1-4H3. The highest BCUT2D eigenvalue weighted by Gasteiger charge is 2.17. The van der Waals surface area contributed by atoms with Crippen LogP contribution < -0.4 is 10.1 Å². The highest BCUT2D eigenvalue weighted by Crippen LogP contribution is 2.31. The second-order valence-corrected chi connectivity index (χ2v) is 5.93. The lowest BCUT2D eigenvalue weighted by atomic mass is 9.93. The number of hydrogen-bond acceptors (Lipinski definition) is 2. The van der Waals surface area contributed by atoms with Crippen molar-refractivity contribution >= 4 is 15.9 Å². The molecule has 2 rings (SSSR count). The van der Waals surface area contributed by atoms with E-state index >= 15 is 0 Å². The number of rotatable bonds is 4. The average Bonchev–Trinajstić information content (AvgIpc) is 2.46. The summed E-state index contributed by atoms with van der Waals surface area (Å²) in [6.45, 7) is 4.05. The van der Waals surface area contributed by atoms with E-state index in [2.05, 4.69) is 27.3 Å². The molecule has 0 aliphatic heterocycles. The summed E-state index contributed by atoms with van der Waals surface area (Å²) in [5.41, 5.74) is 4.19. The quantitative estimate of drug-likeness (QED) is 0.873. The normalized spacial score (nSPS) is 12.3. The average molecular weight is 352 g/mol. The van der Waals surface area contributed by atoms with Gasteiger partial charge in [-0.15, -0.1) is 0 Å². The summed E-state index contributed by atoms with van der Waals surface area (Å²) >= 11 is 3.19. The van der Waals surface area contributed by atoms with Crippen LogP contribution in [0.2, 0.25) is 0 Å². The van der Waals surface area contributed by atoms with E-state index in [0.717, 1.165) is 28.0 Å². The smallest absolute Gasteiger partial charge is 0.137 e. The molecule has 0 fully saturated rings. The van der Waals surface area contributed by atoms with Crippen molar-refractivity contribution in [1.29, 1.82) is 0 Å². The van der Waals surface area contributed by atoms with Gasteiger partial charge in [-0.2, -0.15) is 0 Å². The molecule has 0 heterocycles. The van der Waals surface area contributed by atoms with Gasteiger partial charge >= 0.3 is 0 Å². The third kappa shape index (κ3) is 3.27. The second kappa shape index (κ2) is 6.58. The molecule has 4 heteroatoms. The van der Waals surface area contributed by atoms with E-state index in [1.165, 1.54) is 0 Å². The van der Waals surface area contributed by atoms with E-state index in [-0.39, 0.29) is 11.9 Å². The predicted molar refractivity (Wildman–Crippen MR) is 87.5 cm³/mol. The van der Waals surface area contributed by atoms with E-state index in [0.29, 0.717) is 4.47 Å². The first kappa shape index (κ1) is 16.0. The van der Waals surface area contributed by atoms with Crippen LogP contribution in [-0.4, -0.2) is 14.2 Å². The fourth-order valence-electron chi connectivity index (χ4n) is 2.54. The topological polar surface area (TPSA) is 21.3 Å². The van der Waals surface area contributed by atoms with E-state index in [4.69, 9.17) is 4.74 Å². The molecule has 0 aliphatic carbocycles. The monoisotopic (exact) mass is 351 g/mol. The van der Waals surface area contributed by atoms with Gasteiger partial charge in [-0.25, -0.2) is 4.39 Å². The van der Waals surface area contributed by atoms with Gasteiger partial charge in [0.2, 0.25) is 0 Å². The SMILES string of the molecule is CNC(c1ccc(Br)c(F)c1)c1cc(C)c(OC)cc1C. The summed E-state index contributed by atoms with van der Waals surface area (Å²) in [5.74, 6) is 0.615. The van der Waals surface area contributed by atoms with Crippen LogP contribution in [-0.2, 0) is 0 Å². The van der Waals surface area contributed by atoms with E-state index < -0.39 is 0 Å². The first-order chi connectivity index (χ1) is 9.97. The first-order valence-electron chi connectivity index (χ1n) is 6.75. The van der Waals surface area contributed by atoms with Crippen LogP contribution in [0.5, 0.6) is 5.75 Å². The fraction of sp³-hybridized carbons (Fsp3) is 0.294. The molecular formula is C17H19BrFNO. The Hall–Kier alpha value is -1.39. The van der Waals surface area contributed by atoms with Gasteiger partial charge in [-0.3, -0.25) is 0 Å². The fourth-order valence-corrected chi connectivity index (χ4v) is 2.78. The molecule has 0 bridgehead atoms. The summed E-state index contributed by atoms with van der Waals surface area (Å²) in [6, 6.07) is 9.27. The minimum absolute atomic E-state index is 0.0581. The van der Waals surface area contributed by atoms with Crippen LogP contribution in [0.25, 0.3) is 0 Å². The van der Waals surface area contributed by atoms with Gasteiger partial charge < -0.3 is 10.1 Å². The summed E-state index contributed by atoms with van der Waals surface area (Å²) in [6.07, 6.45) is 0. The van der Waals surface area contributed by atoms with Crippen LogP contribution in [0, 0.1) is 19.7 Å². The summed E-state index contributed by atoms with van der Waals surface area (Å²) in [5, 5.41) is 3.26. The third-order valence-electron chi connectivity index (χ3n) is 3.66. The molecule has 0 saturated heterocycles. The van der Waals surface area contributed by atoms with E-state index in [9.17, 15) is 4.39 Å². The molecule has 0 spiro atoms. The van der Waals surface area contributed by atoms with Crippen molar-refractivity contribution < 1.29 is 9.13 Å². The van der Waals surface area contributed by atoms with Gasteiger partial charge in [0, 0.05) is 0 Å². The van der Waals surface area contributed by atoms with Crippen LogP contribution in [0.3, 0.4) is 0 Å². The number of nitrogens with one attached hydrogen (secondary N) is 1. The molecule has 112 valence electrons. The maximum Gasteiger partial charge on any atom is 0.137 e. The molecule has 1 unspecified atom stereocenters. The molecule has 0 amide bonds. The number of benzene rings is 2. The van der Waals surface area contributed by atoms with Crippen molar-refractivity contribution in [2.24, 2.45) is 0 Å². The molecule has 2 aromatic rings. The Kier molecular flexibility index (Phi) is 5.01. The maximum atomic E-state index is 13.8. The van der Waals surface area contributed by atoms with Gasteiger partial charge in [0.25, 0.3) is 0 Å². The molecular weight excluding hydrogens is 333 g/mol. The summed E-state index contributed by atoms with van der Waals surface area (Å²) in [7, 11) is 3.55. The van der Waals surface area contributed by atoms with Crippen molar-refractivity contribution in [3.05, 3.63) is 62.9 Å². The second-order valence-electron chi connectivity index (χ2n) is 5.07. The van der Waals surface area contributed by atoms with Crippen molar-refractivity contribution in [3.8, 4) is 5.75 Å². The van der Waals surface area contributed by atoms with Crippen molar-refractivity contribution in [3.63, 3.8) is 0 Å². The maximum absolute atomic E-state index is 13.8. The number of hydrogen-bond donors (Lipinski definition) is 1. The molecule has 21 heavy (non-hydrogen) atoms. The number of methoxy groups -OCH3 is 1. The molecule has 1 atom stereocenters. The Morgan fingerprint density at radius 3 is 2.43 bits per heavy atom. The Balaban J connectivity index is 2.50. The van der Waals surface area contributed by atoms with Crippen molar-refractivity contribution in [1.82, 2.24) is 5.32 Å². The molecule has 1 N–H and O–H groups in total. The summed E-state index contributed by atoms with van der Waals surface area (Å²) in [4.78, 5) is 0. The first-order valence-corrected chi connectivity index (χ1v) is 7.54. The van der Waals surface area contributed by atoms with Crippen LogP contribution in [0.15, 0.2) is 34.8 Å². The Bertz CT molecular complexity index is 657. The van der Waals surface area contributed by atoms with Crippen molar-refractivity contribution in [2.75, 3.05) is 14.2 Å². The lowest BCUT2D eigenvalue weighted by Gasteiger charge is -2.21. The van der Waals surface area contributed by atoms with Crippen LogP contribution in [0.1, 0.15) is 28.3 Å². The molecule has 0 saturated carbocycles. The lowest BCUT2D eigenvalue weighted by molar-refractivity contribution is 0.411. The van der Waals surface area contributed by atoms with Gasteiger partial charge in [-0.1, -0.05) is 12.1 Å². The van der Waals surface area contributed by atoms with Crippen molar-refractivity contribution in [2.45, 2.75) is 19.9 Å². The van der Waals surface area contributed by atoms with Gasteiger partial charge in [-0.05, 0) is 77.3 Å². The van der Waals surface area contributed by atoms with Crippen LogP contribution in [0.4, 0.5) is 4.39 Å². The Morgan fingerprint density at radius 2 is 1.86 bits per heavy atom. The third-order valence-corrected chi connectivity index (χ3v) is 4.30. The number of halogens is 2. The minimum Gasteiger partial charge on any atom is -0.496 e. The lowest BCUT2D eigenvalue weighted by Crippen LogP contribution is -2.19. The van der Waals surface area contributed by atoms with E-state index in [1.54, 1.807) is 19.2 Å². The molecule has 2 nitrogen and oxygen atoms in total. The Labute approximate surface area is 133 Å². The Morgan fingerprint density at radius 1 is 1.14 bits per heavy atom. The summed E-state index contributed by atoms with van der Waals surface area (Å²) < 4.78 is 19.6. The zero-order valence-corrected chi connectivity index (χ0v) is 14.2. The molecule has 2 aromatic carbocycles. The molecule has 0 aliphatic rings. The largest absolute Gasteiger partial charge is 0.496 e. The van der Waals surface area contributed by atoms with E-state index in [1.807, 2.05) is 33.0 Å². The molecule has 0 radical (unpaired) electrons. The zero-order valence-electron chi connectivity index (χ0n) is 12.6. The minimum atomic E-state index is -0.254. The van der Waals surface area contributed by atoms with Crippen LogP contribution >= 0.6 is 15.9 Å². The van der Waals surface area contributed by atoms with Gasteiger partial charge in [0.1, 0.15) is 11.6 Å². The highest BCUT2D eigenvalue weighted by molar-refractivity contribution is 9.10. The predicted octanol–water partition coefficient (Wildman–Crippen LogP) is 4.52. The molecule has 0 aromatic heterocycles. The van der Waals surface area contributed by atoms with Gasteiger partial charge in [0.05, 0.1) is 17.6 Å². The highest BCUT2D eigenvalue weighted by atomic mass is 79.9. The number of ether oxygens (including phenoxy) is 1. The van der Waals surface area contributed by atoms with Gasteiger partial charge in [0.15, 0.2) is 0 Å². The number of aryl methyl sites for hydroxylation is 2.